The molecule has 0 bridgehead atoms. The summed E-state index contributed by atoms with van der Waals surface area (Å²) in [6.45, 7) is 8.97. The second-order valence-electron chi connectivity index (χ2n) is 8.01. The Hall–Kier alpha value is -2.70. The van der Waals surface area contributed by atoms with Gasteiger partial charge in [-0.25, -0.2) is 9.67 Å². The lowest BCUT2D eigenvalue weighted by Crippen LogP contribution is -2.40. The van der Waals surface area contributed by atoms with Crippen molar-refractivity contribution < 1.29 is 9.59 Å². The first-order chi connectivity index (χ1) is 12.7. The number of carbonyl (C=O) groups excluding carboxylic acids is 2. The van der Waals surface area contributed by atoms with Gasteiger partial charge in [-0.1, -0.05) is 32.9 Å². The van der Waals surface area contributed by atoms with Crippen molar-refractivity contribution in [2.24, 2.45) is 0 Å². The minimum Gasteiger partial charge on any atom is -0.345 e. The van der Waals surface area contributed by atoms with Crippen LogP contribution in [0.15, 0.2) is 24.3 Å². The van der Waals surface area contributed by atoms with Gasteiger partial charge in [0.05, 0.1) is 12.6 Å². The van der Waals surface area contributed by atoms with Gasteiger partial charge in [0.1, 0.15) is 11.6 Å². The average molecular weight is 369 g/mol. The van der Waals surface area contributed by atoms with Crippen LogP contribution >= 0.6 is 0 Å². The summed E-state index contributed by atoms with van der Waals surface area (Å²) in [6, 6.07) is 7.33. The molecule has 27 heavy (non-hydrogen) atoms. The molecule has 0 fully saturated rings. The Labute approximate surface area is 159 Å². The Bertz CT molecular complexity index is 833. The molecule has 0 spiro atoms. The molecule has 2 aromatic rings. The third-order valence-electron chi connectivity index (χ3n) is 4.74. The number of rotatable bonds is 4. The lowest BCUT2D eigenvalue weighted by atomic mass is 9.87. The fourth-order valence-electron chi connectivity index (χ4n) is 3.23. The van der Waals surface area contributed by atoms with E-state index in [1.807, 2.05) is 23.7 Å². The van der Waals surface area contributed by atoms with Crippen LogP contribution in [0.3, 0.4) is 0 Å². The van der Waals surface area contributed by atoms with Crippen LogP contribution in [0, 0.1) is 6.92 Å². The van der Waals surface area contributed by atoms with Gasteiger partial charge in [0.15, 0.2) is 0 Å². The van der Waals surface area contributed by atoms with Crippen molar-refractivity contribution >= 4 is 11.8 Å². The number of aromatic nitrogens is 3. The Balaban J connectivity index is 1.54. The molecular weight excluding hydrogens is 342 g/mol. The molecule has 0 saturated heterocycles. The average Bonchev–Trinajstić information content (AvgIpc) is 3.00. The summed E-state index contributed by atoms with van der Waals surface area (Å²) in [5, 5.41) is 9.96. The van der Waals surface area contributed by atoms with E-state index in [1.54, 1.807) is 12.1 Å². The van der Waals surface area contributed by atoms with Crippen LogP contribution in [0.5, 0.6) is 0 Å². The normalized spacial score (nSPS) is 16.5. The van der Waals surface area contributed by atoms with Crippen molar-refractivity contribution in [3.63, 3.8) is 0 Å². The molecule has 144 valence electrons. The van der Waals surface area contributed by atoms with E-state index in [4.69, 9.17) is 0 Å². The number of hydrogen-bond acceptors (Lipinski definition) is 4. The smallest absolute Gasteiger partial charge is 0.251 e. The zero-order chi connectivity index (χ0) is 19.6. The summed E-state index contributed by atoms with van der Waals surface area (Å²) in [5.74, 6) is 1.01. The van der Waals surface area contributed by atoms with Crippen molar-refractivity contribution in [1.29, 1.82) is 0 Å². The molecule has 1 unspecified atom stereocenters. The van der Waals surface area contributed by atoms with Crippen molar-refractivity contribution in [2.75, 3.05) is 6.54 Å². The summed E-state index contributed by atoms with van der Waals surface area (Å²) in [4.78, 5) is 29.0. The molecule has 1 aliphatic rings. The molecule has 1 aromatic heterocycles. The minimum atomic E-state index is -0.256. The third kappa shape index (κ3) is 4.53. The lowest BCUT2D eigenvalue weighted by molar-refractivity contribution is -0.121. The first-order valence-corrected chi connectivity index (χ1v) is 9.33. The van der Waals surface area contributed by atoms with Gasteiger partial charge in [-0.05, 0) is 42.9 Å². The second kappa shape index (κ2) is 7.50. The first kappa shape index (κ1) is 19.1. The predicted molar refractivity (Wildman–Crippen MR) is 102 cm³/mol. The van der Waals surface area contributed by atoms with E-state index in [1.165, 1.54) is 0 Å². The molecular formula is C20H27N5O2. The molecule has 2 amide bonds. The first-order valence-electron chi connectivity index (χ1n) is 9.33. The Morgan fingerprint density at radius 3 is 2.59 bits per heavy atom. The largest absolute Gasteiger partial charge is 0.345 e. The van der Waals surface area contributed by atoms with Gasteiger partial charge in [0.2, 0.25) is 5.91 Å². The highest BCUT2D eigenvalue weighted by atomic mass is 16.2. The van der Waals surface area contributed by atoms with Crippen molar-refractivity contribution in [1.82, 2.24) is 25.4 Å². The summed E-state index contributed by atoms with van der Waals surface area (Å²) in [6.07, 6.45) is 1.76. The van der Waals surface area contributed by atoms with E-state index >= 15 is 0 Å². The van der Waals surface area contributed by atoms with Crippen LogP contribution in [-0.4, -0.2) is 33.1 Å². The van der Waals surface area contributed by atoms with Crippen LogP contribution in [0.25, 0.3) is 0 Å². The van der Waals surface area contributed by atoms with Gasteiger partial charge in [-0.15, -0.1) is 0 Å². The van der Waals surface area contributed by atoms with Gasteiger partial charge >= 0.3 is 0 Å². The standard InChI is InChI=1S/C20H27N5O2/c1-13-22-18-16(6-5-11-25(18)24-13)23-17(26)12-21-19(27)14-7-9-15(10-8-14)20(2,3)4/h7-10,16H,5-6,11-12H2,1-4H3,(H,21,27)(H,23,26). The SMILES string of the molecule is Cc1nc2n(n1)CCCC2NC(=O)CNC(=O)c1ccc(C(C)(C)C)cc1. The van der Waals surface area contributed by atoms with Crippen molar-refractivity contribution in [2.45, 2.75) is 58.5 Å². The monoisotopic (exact) mass is 369 g/mol. The zero-order valence-electron chi connectivity index (χ0n) is 16.4. The summed E-state index contributed by atoms with van der Waals surface area (Å²) in [7, 11) is 0. The number of benzene rings is 1. The number of amides is 2. The van der Waals surface area contributed by atoms with Crippen LogP contribution in [0.4, 0.5) is 0 Å². The molecule has 2 heterocycles. The second-order valence-corrected chi connectivity index (χ2v) is 8.01. The van der Waals surface area contributed by atoms with Gasteiger partial charge in [0, 0.05) is 12.1 Å². The minimum absolute atomic E-state index is 0.0355. The highest BCUT2D eigenvalue weighted by molar-refractivity contribution is 5.96. The molecule has 2 N–H and O–H groups in total. The Morgan fingerprint density at radius 1 is 1.22 bits per heavy atom. The number of fused-ring (bicyclic) bond motifs is 1. The maximum Gasteiger partial charge on any atom is 0.251 e. The van der Waals surface area contributed by atoms with Crippen molar-refractivity contribution in [3.8, 4) is 0 Å². The molecule has 3 rings (SSSR count). The van der Waals surface area contributed by atoms with Crippen LogP contribution in [-0.2, 0) is 16.8 Å². The van der Waals surface area contributed by atoms with E-state index in [-0.39, 0.29) is 29.8 Å². The molecule has 0 radical (unpaired) electrons. The quantitative estimate of drug-likeness (QED) is 0.865. The summed E-state index contributed by atoms with van der Waals surface area (Å²) < 4.78 is 1.85. The molecule has 7 heteroatoms. The Kier molecular flexibility index (Phi) is 5.30. The van der Waals surface area contributed by atoms with Gasteiger partial charge in [-0.2, -0.15) is 5.10 Å². The highest BCUT2D eigenvalue weighted by Crippen LogP contribution is 2.23. The molecule has 7 nitrogen and oxygen atoms in total. The van der Waals surface area contributed by atoms with E-state index in [0.29, 0.717) is 11.4 Å². The molecule has 1 aliphatic heterocycles. The molecule has 1 atom stereocenters. The third-order valence-corrected chi connectivity index (χ3v) is 4.74. The molecule has 0 saturated carbocycles. The number of nitrogens with zero attached hydrogens (tertiary/aromatic N) is 3. The number of carbonyl (C=O) groups is 2. The predicted octanol–water partition coefficient (Wildman–Crippen LogP) is 2.27. The fourth-order valence-corrected chi connectivity index (χ4v) is 3.23. The zero-order valence-corrected chi connectivity index (χ0v) is 16.4. The summed E-state index contributed by atoms with van der Waals surface area (Å²) in [5.41, 5.74) is 1.74. The number of aryl methyl sites for hydroxylation is 2. The van der Waals surface area contributed by atoms with Crippen LogP contribution < -0.4 is 10.6 Å². The molecule has 0 aliphatic carbocycles. The summed E-state index contributed by atoms with van der Waals surface area (Å²) >= 11 is 0. The van der Waals surface area contributed by atoms with Crippen LogP contribution in [0.2, 0.25) is 0 Å². The number of hydrogen-bond donors (Lipinski definition) is 2. The topological polar surface area (TPSA) is 88.9 Å². The van der Waals surface area contributed by atoms with E-state index in [2.05, 4.69) is 41.5 Å². The molecule has 1 aromatic carbocycles. The number of nitrogens with one attached hydrogen (secondary N) is 2. The fraction of sp³-hybridized carbons (Fsp3) is 0.500. The van der Waals surface area contributed by atoms with Gasteiger partial charge in [-0.3, -0.25) is 9.59 Å². The van der Waals surface area contributed by atoms with E-state index in [0.717, 1.165) is 30.8 Å². The van der Waals surface area contributed by atoms with Gasteiger partial charge < -0.3 is 10.6 Å². The van der Waals surface area contributed by atoms with Crippen molar-refractivity contribution in [3.05, 3.63) is 47.0 Å². The van der Waals surface area contributed by atoms with E-state index < -0.39 is 0 Å². The van der Waals surface area contributed by atoms with E-state index in [9.17, 15) is 9.59 Å². The lowest BCUT2D eigenvalue weighted by Gasteiger charge is -2.23. The Morgan fingerprint density at radius 2 is 1.93 bits per heavy atom. The maximum atomic E-state index is 12.3. The van der Waals surface area contributed by atoms with Crippen LogP contribution in [0.1, 0.15) is 67.2 Å². The highest BCUT2D eigenvalue weighted by Gasteiger charge is 2.25. The van der Waals surface area contributed by atoms with Gasteiger partial charge in [0.25, 0.3) is 5.91 Å². The maximum absolute atomic E-state index is 12.3.